The van der Waals surface area contributed by atoms with Crippen molar-refractivity contribution in [1.29, 1.82) is 0 Å². The summed E-state index contributed by atoms with van der Waals surface area (Å²) >= 11 is 0. The molecule has 0 bridgehead atoms. The quantitative estimate of drug-likeness (QED) is 0.164. The molecule has 2 aliphatic rings. The summed E-state index contributed by atoms with van der Waals surface area (Å²) in [5.74, 6) is -1.37. The second-order valence-corrected chi connectivity index (χ2v) is 13.8. The highest BCUT2D eigenvalue weighted by Gasteiger charge is 2.37. The maximum atomic E-state index is 13.9. The van der Waals surface area contributed by atoms with Crippen LogP contribution >= 0.6 is 0 Å². The third-order valence-corrected chi connectivity index (χ3v) is 9.82. The summed E-state index contributed by atoms with van der Waals surface area (Å²) in [5, 5.41) is 27.2. The number of amides is 2. The molecule has 2 aromatic heterocycles. The van der Waals surface area contributed by atoms with Gasteiger partial charge in [-0.1, -0.05) is 42.5 Å². The van der Waals surface area contributed by atoms with Crippen molar-refractivity contribution in [2.75, 3.05) is 39.3 Å². The molecule has 1 saturated heterocycles. The van der Waals surface area contributed by atoms with Gasteiger partial charge in [0.05, 0.1) is 12.1 Å². The van der Waals surface area contributed by atoms with Crippen LogP contribution < -0.4 is 15.4 Å². The molecule has 1 unspecified atom stereocenters. The van der Waals surface area contributed by atoms with Gasteiger partial charge in [0.25, 0.3) is 0 Å². The minimum absolute atomic E-state index is 0.000150. The van der Waals surface area contributed by atoms with Gasteiger partial charge in [-0.25, -0.2) is 0 Å². The van der Waals surface area contributed by atoms with E-state index in [1.807, 2.05) is 70.5 Å². The highest BCUT2D eigenvalue weighted by Crippen LogP contribution is 2.32. The maximum Gasteiger partial charge on any atom is 0.405 e. The van der Waals surface area contributed by atoms with E-state index in [0.717, 1.165) is 22.4 Å². The van der Waals surface area contributed by atoms with E-state index in [1.54, 1.807) is 47.6 Å². The van der Waals surface area contributed by atoms with Crippen molar-refractivity contribution < 1.29 is 37.7 Å². The van der Waals surface area contributed by atoms with Crippen LogP contribution in [0.3, 0.4) is 0 Å². The molecule has 2 amide bonds. The number of hydrogen-bond donors (Lipinski definition) is 4. The van der Waals surface area contributed by atoms with E-state index in [1.165, 1.54) is 0 Å². The number of fused-ring (bicyclic) bond motifs is 1. The third kappa shape index (κ3) is 10.0. The maximum absolute atomic E-state index is 13.9. The Morgan fingerprint density at radius 2 is 1.83 bits per heavy atom. The smallest absolute Gasteiger partial charge is 0.405 e. The number of aromatic nitrogens is 2. The predicted molar refractivity (Wildman–Crippen MR) is 191 cm³/mol. The van der Waals surface area contributed by atoms with Crippen LogP contribution in [0.25, 0.3) is 5.69 Å². The van der Waals surface area contributed by atoms with Crippen molar-refractivity contribution >= 4 is 11.8 Å². The van der Waals surface area contributed by atoms with Gasteiger partial charge in [-0.15, -0.1) is 0 Å². The van der Waals surface area contributed by atoms with E-state index in [2.05, 4.69) is 10.3 Å². The molecule has 6 rings (SSSR count). The molecule has 5 atom stereocenters. The molecule has 0 radical (unpaired) electrons. The lowest BCUT2D eigenvalue weighted by Crippen LogP contribution is -2.60. The van der Waals surface area contributed by atoms with Gasteiger partial charge in [-0.05, 0) is 60.7 Å². The standard InChI is InChI=1S/C39H45F3N6O5/c1-26-7-2-4-10-32(26)47-14-12-28(21-47)20-46-15-16-48(33(23-46)38(52)44-25-39(40,41)42)22-30(49)18-29(17-27-8-6-13-43-19-27)37(51)45-36-31-9-3-5-11-35(31)53-24-34(36)50/h2-14,19,21,29-30,33-34,36,49-50H,15-18,20,22-25H2,1H3,(H,44,52)(H,45,51)/t29-,30+,33+,34?,36+/m1/s1. The Hall–Kier alpha value is -4.76. The number of rotatable bonds is 13. The molecule has 11 nitrogen and oxygen atoms in total. The van der Waals surface area contributed by atoms with Crippen LogP contribution in [0.2, 0.25) is 0 Å². The summed E-state index contributed by atoms with van der Waals surface area (Å²) in [7, 11) is 0. The molecule has 2 aliphatic heterocycles. The van der Waals surface area contributed by atoms with Crippen LogP contribution in [-0.4, -0.2) is 105 Å². The average molecular weight is 735 g/mol. The number of carbonyl (C=O) groups is 2. The Kier molecular flexibility index (Phi) is 12.1. The number of hydrogen-bond acceptors (Lipinski definition) is 8. The van der Waals surface area contributed by atoms with Crippen LogP contribution in [0, 0.1) is 12.8 Å². The third-order valence-electron chi connectivity index (χ3n) is 9.82. The van der Waals surface area contributed by atoms with Crippen molar-refractivity contribution in [3.05, 3.63) is 114 Å². The Bertz CT molecular complexity index is 1840. The number of aliphatic hydroxyl groups excluding tert-OH is 2. The molecule has 4 aromatic rings. The highest BCUT2D eigenvalue weighted by atomic mass is 19.4. The second kappa shape index (κ2) is 16.9. The SMILES string of the molecule is Cc1ccccc1-n1ccc(CN2CCN(C[C@@H](O)C[C@@H](Cc3cccnc3)C(=O)N[C@H]3c4ccccc4OCC3O)[C@H](C(=O)NCC(F)(F)F)C2)c1. The number of carbonyl (C=O) groups excluding carboxylic acids is 2. The summed E-state index contributed by atoms with van der Waals surface area (Å²) in [6, 6.07) is 19.0. The van der Waals surface area contributed by atoms with Gasteiger partial charge in [0.15, 0.2) is 0 Å². The molecule has 2 aromatic carbocycles. The number of β-amino-alcohol motifs (C(OH)–C–C–N with tert-alkyl or cyclic N) is 1. The minimum atomic E-state index is -4.59. The Balaban J connectivity index is 1.15. The molecular weight excluding hydrogens is 689 g/mol. The largest absolute Gasteiger partial charge is 0.490 e. The summed E-state index contributed by atoms with van der Waals surface area (Å²) in [6.45, 7) is 1.96. The number of nitrogens with zero attached hydrogens (tertiary/aromatic N) is 4. The van der Waals surface area contributed by atoms with Crippen LogP contribution in [0.5, 0.6) is 5.75 Å². The fourth-order valence-electron chi connectivity index (χ4n) is 7.14. The predicted octanol–water partition coefficient (Wildman–Crippen LogP) is 3.57. The average Bonchev–Trinajstić information content (AvgIpc) is 3.60. The lowest BCUT2D eigenvalue weighted by atomic mass is 9.91. The number of aliphatic hydroxyl groups is 2. The van der Waals surface area contributed by atoms with Crippen molar-refractivity contribution in [2.45, 2.75) is 56.8 Å². The number of nitrogens with one attached hydrogen (secondary N) is 2. The number of halogens is 3. The molecule has 4 heterocycles. The zero-order valence-corrected chi connectivity index (χ0v) is 29.5. The zero-order valence-electron chi connectivity index (χ0n) is 29.5. The van der Waals surface area contributed by atoms with Crippen molar-refractivity contribution in [2.24, 2.45) is 5.92 Å². The molecule has 282 valence electrons. The first-order chi connectivity index (χ1) is 25.4. The van der Waals surface area contributed by atoms with Gasteiger partial charge in [0, 0.05) is 74.7 Å². The highest BCUT2D eigenvalue weighted by molar-refractivity contribution is 5.82. The van der Waals surface area contributed by atoms with Crippen LogP contribution in [-0.2, 0) is 22.6 Å². The molecular formula is C39H45F3N6O5. The van der Waals surface area contributed by atoms with Crippen molar-refractivity contribution in [3.63, 3.8) is 0 Å². The second-order valence-electron chi connectivity index (χ2n) is 13.8. The summed E-state index contributed by atoms with van der Waals surface area (Å²) in [5.41, 5.74) is 4.53. The van der Waals surface area contributed by atoms with E-state index < -0.39 is 54.7 Å². The lowest BCUT2D eigenvalue weighted by molar-refractivity contribution is -0.143. The normalized spacial score (nSPS) is 20.5. The molecule has 1 fully saturated rings. The van der Waals surface area contributed by atoms with E-state index in [9.17, 15) is 33.0 Å². The number of ether oxygens (including phenoxy) is 1. The molecule has 14 heteroatoms. The van der Waals surface area contributed by atoms with Crippen molar-refractivity contribution in [1.82, 2.24) is 30.0 Å². The number of para-hydroxylation sites is 2. The first-order valence-electron chi connectivity index (χ1n) is 17.7. The van der Waals surface area contributed by atoms with E-state index in [0.29, 0.717) is 30.9 Å². The number of pyridine rings is 1. The summed E-state index contributed by atoms with van der Waals surface area (Å²) in [6.07, 6.45) is 0.757. The first-order valence-corrected chi connectivity index (χ1v) is 17.7. The summed E-state index contributed by atoms with van der Waals surface area (Å²) < 4.78 is 47.1. The molecule has 53 heavy (non-hydrogen) atoms. The monoisotopic (exact) mass is 734 g/mol. The number of alkyl halides is 3. The van der Waals surface area contributed by atoms with Gasteiger partial charge < -0.3 is 30.2 Å². The fraction of sp³-hybridized carbons (Fsp3) is 0.410. The van der Waals surface area contributed by atoms with Gasteiger partial charge >= 0.3 is 6.18 Å². The van der Waals surface area contributed by atoms with E-state index in [4.69, 9.17) is 4.74 Å². The number of benzene rings is 2. The van der Waals surface area contributed by atoms with Crippen LogP contribution in [0.4, 0.5) is 13.2 Å². The minimum Gasteiger partial charge on any atom is -0.490 e. The topological polar surface area (TPSA) is 132 Å². The van der Waals surface area contributed by atoms with E-state index in [-0.39, 0.29) is 32.5 Å². The summed E-state index contributed by atoms with van der Waals surface area (Å²) in [4.78, 5) is 35.1. The van der Waals surface area contributed by atoms with Gasteiger partial charge in [0.1, 0.15) is 31.0 Å². The van der Waals surface area contributed by atoms with Gasteiger partial charge in [-0.3, -0.25) is 24.4 Å². The zero-order chi connectivity index (χ0) is 37.5. The van der Waals surface area contributed by atoms with Crippen LogP contribution in [0.15, 0.2) is 91.5 Å². The number of piperazine rings is 1. The van der Waals surface area contributed by atoms with Gasteiger partial charge in [0.2, 0.25) is 11.8 Å². The fourth-order valence-corrected chi connectivity index (χ4v) is 7.14. The number of aryl methyl sites for hydroxylation is 1. The van der Waals surface area contributed by atoms with Crippen LogP contribution in [0.1, 0.15) is 34.7 Å². The van der Waals surface area contributed by atoms with Gasteiger partial charge in [-0.2, -0.15) is 13.2 Å². The molecule has 4 N–H and O–H groups in total. The Morgan fingerprint density at radius 3 is 2.60 bits per heavy atom. The Morgan fingerprint density at radius 1 is 1.04 bits per heavy atom. The molecule has 0 spiro atoms. The van der Waals surface area contributed by atoms with E-state index >= 15 is 0 Å². The molecule has 0 aliphatic carbocycles. The molecule has 0 saturated carbocycles. The Labute approximate surface area is 306 Å². The van der Waals surface area contributed by atoms with Crippen molar-refractivity contribution in [3.8, 4) is 11.4 Å². The lowest BCUT2D eigenvalue weighted by Gasteiger charge is -2.41. The first kappa shape index (κ1) is 38.0.